The number of anilines is 1. The average Bonchev–Trinajstić information content (AvgIpc) is 3.43. The molecule has 3 saturated heterocycles. The molecule has 2 saturated carbocycles. The Morgan fingerprint density at radius 1 is 1.36 bits per heavy atom. The Morgan fingerprint density at radius 3 is 2.94 bits per heavy atom. The van der Waals surface area contributed by atoms with Gasteiger partial charge in [0, 0.05) is 48.6 Å². The summed E-state index contributed by atoms with van der Waals surface area (Å²) < 4.78 is 6.37. The van der Waals surface area contributed by atoms with Crippen molar-refractivity contribution in [2.45, 2.75) is 75.0 Å². The number of hydrogen-bond acceptors (Lipinski definition) is 6. The fourth-order valence-electron chi connectivity index (χ4n) is 8.61. The van der Waals surface area contributed by atoms with Gasteiger partial charge in [-0.3, -0.25) is 9.69 Å². The van der Waals surface area contributed by atoms with Crippen LogP contribution in [-0.2, 0) is 4.79 Å². The highest BCUT2D eigenvalue weighted by molar-refractivity contribution is 9.10. The molecule has 0 aromatic carbocycles. The second-order valence-electron chi connectivity index (χ2n) is 10.9. The number of halogens is 1. The van der Waals surface area contributed by atoms with E-state index in [2.05, 4.69) is 42.5 Å². The molecule has 2 aliphatic carbocycles. The van der Waals surface area contributed by atoms with Gasteiger partial charge in [-0.15, -0.1) is 0 Å². The molecule has 2 aromatic rings. The molecule has 5 aliphatic rings. The number of fused-ring (bicyclic) bond motifs is 2. The van der Waals surface area contributed by atoms with Crippen LogP contribution in [0.1, 0.15) is 57.1 Å². The number of carbonyl (C=O) groups is 1. The summed E-state index contributed by atoms with van der Waals surface area (Å²) >= 11 is 3.67. The normalized spacial score (nSPS) is 41.8. The van der Waals surface area contributed by atoms with Crippen LogP contribution in [0.25, 0.3) is 11.0 Å². The fourth-order valence-corrected chi connectivity index (χ4v) is 9.14. The molecule has 0 bridgehead atoms. The van der Waals surface area contributed by atoms with Gasteiger partial charge in [-0.05, 0) is 78.1 Å². The first-order valence-corrected chi connectivity index (χ1v) is 13.0. The lowest BCUT2D eigenvalue weighted by Gasteiger charge is -2.34. The molecular formula is C25H28BrN5O2. The van der Waals surface area contributed by atoms with E-state index >= 15 is 0 Å². The highest BCUT2D eigenvalue weighted by atomic mass is 79.9. The lowest BCUT2D eigenvalue weighted by molar-refractivity contribution is -0.121. The van der Waals surface area contributed by atoms with Crippen molar-refractivity contribution >= 4 is 38.6 Å². The predicted molar refractivity (Wildman–Crippen MR) is 126 cm³/mol. The zero-order valence-electron chi connectivity index (χ0n) is 18.7. The Kier molecular flexibility index (Phi) is 4.13. The second-order valence-corrected chi connectivity index (χ2v) is 11.7. The van der Waals surface area contributed by atoms with Gasteiger partial charge < -0.3 is 15.1 Å². The second kappa shape index (κ2) is 6.73. The highest BCUT2D eigenvalue weighted by Crippen LogP contribution is 2.88. The molecule has 5 fully saturated rings. The Hall–Kier alpha value is -2.11. The monoisotopic (exact) mass is 509 g/mol. The van der Waals surface area contributed by atoms with Gasteiger partial charge in [-0.25, -0.2) is 4.98 Å². The maximum Gasteiger partial charge on any atom is 0.220 e. The molecule has 7 nitrogen and oxygen atoms in total. The van der Waals surface area contributed by atoms with Crippen molar-refractivity contribution in [3.05, 3.63) is 22.5 Å². The molecule has 5 heterocycles. The summed E-state index contributed by atoms with van der Waals surface area (Å²) in [7, 11) is 1.75. The number of carbonyl (C=O) groups excluding carboxylic acids is 1. The average molecular weight is 510 g/mol. The third-order valence-electron chi connectivity index (χ3n) is 9.78. The molecular weight excluding hydrogens is 482 g/mol. The molecule has 172 valence electrons. The van der Waals surface area contributed by atoms with E-state index in [0.717, 1.165) is 33.7 Å². The molecule has 8 heteroatoms. The first-order chi connectivity index (χ1) is 16.0. The molecule has 6 unspecified atom stereocenters. The summed E-state index contributed by atoms with van der Waals surface area (Å²) in [5.74, 6) is 2.80. The number of amides is 1. The standard InChI is InChI=1S/C25H28BrN5O2/c1-28-21(32)8-13-6-15-9-19-24(25(19)20(7-13)31(15)25)4-2-14(3-5-24)30-23-22(26)17-10-16(11-27)33-18(17)12-29-23/h10,12-15,19-20H,2-9H2,1H3,(H,28,32)(H,29,30). The van der Waals surface area contributed by atoms with Crippen molar-refractivity contribution in [3.63, 3.8) is 0 Å². The lowest BCUT2D eigenvalue weighted by Crippen LogP contribution is -2.34. The van der Waals surface area contributed by atoms with Crippen LogP contribution in [0.4, 0.5) is 5.82 Å². The zero-order valence-corrected chi connectivity index (χ0v) is 20.3. The largest absolute Gasteiger partial charge is 0.444 e. The molecule has 2 aromatic heterocycles. The van der Waals surface area contributed by atoms with Crippen LogP contribution in [0.2, 0.25) is 0 Å². The quantitative estimate of drug-likeness (QED) is 0.600. The van der Waals surface area contributed by atoms with Crippen molar-refractivity contribution in [3.8, 4) is 6.07 Å². The Labute approximate surface area is 201 Å². The molecule has 7 rings (SSSR count). The van der Waals surface area contributed by atoms with E-state index in [4.69, 9.17) is 9.68 Å². The maximum atomic E-state index is 11.9. The first-order valence-electron chi connectivity index (χ1n) is 12.3. The number of nitrogens with zero attached hydrogens (tertiary/aromatic N) is 3. The Morgan fingerprint density at radius 2 is 2.18 bits per heavy atom. The molecule has 1 amide bonds. The summed E-state index contributed by atoms with van der Waals surface area (Å²) in [6, 6.07) is 5.71. The highest BCUT2D eigenvalue weighted by Gasteiger charge is 2.94. The van der Waals surface area contributed by atoms with Gasteiger partial charge in [0.1, 0.15) is 11.9 Å². The predicted octanol–water partition coefficient (Wildman–Crippen LogP) is 4.17. The Bertz CT molecular complexity index is 1210. The van der Waals surface area contributed by atoms with Crippen molar-refractivity contribution in [1.82, 2.24) is 15.2 Å². The van der Waals surface area contributed by atoms with Gasteiger partial charge >= 0.3 is 0 Å². The van der Waals surface area contributed by atoms with Gasteiger partial charge in [0.05, 0.1) is 10.7 Å². The number of rotatable bonds is 4. The lowest BCUT2D eigenvalue weighted by atomic mass is 9.79. The van der Waals surface area contributed by atoms with Crippen molar-refractivity contribution < 1.29 is 9.21 Å². The zero-order chi connectivity index (χ0) is 22.5. The van der Waals surface area contributed by atoms with E-state index in [1.807, 2.05) is 0 Å². The first kappa shape index (κ1) is 20.3. The van der Waals surface area contributed by atoms with E-state index in [1.54, 1.807) is 19.3 Å². The molecule has 0 radical (unpaired) electrons. The molecule has 2 spiro atoms. The Balaban J connectivity index is 1.03. The van der Waals surface area contributed by atoms with Crippen LogP contribution in [0.15, 0.2) is 21.2 Å². The van der Waals surface area contributed by atoms with Gasteiger partial charge in [-0.2, -0.15) is 5.26 Å². The van der Waals surface area contributed by atoms with Gasteiger partial charge in [0.15, 0.2) is 5.58 Å². The van der Waals surface area contributed by atoms with E-state index in [-0.39, 0.29) is 5.91 Å². The number of nitrogens with one attached hydrogen (secondary N) is 2. The van der Waals surface area contributed by atoms with Crippen LogP contribution >= 0.6 is 15.9 Å². The van der Waals surface area contributed by atoms with Crippen LogP contribution < -0.4 is 10.6 Å². The van der Waals surface area contributed by atoms with Gasteiger partial charge in [0.25, 0.3) is 0 Å². The van der Waals surface area contributed by atoms with Crippen LogP contribution in [0.3, 0.4) is 0 Å². The number of pyridine rings is 1. The summed E-state index contributed by atoms with van der Waals surface area (Å²) in [6.45, 7) is 0. The number of piperidine rings is 3. The molecule has 3 aliphatic heterocycles. The summed E-state index contributed by atoms with van der Waals surface area (Å²) in [6.07, 6.45) is 11.1. The van der Waals surface area contributed by atoms with E-state index in [1.165, 1.54) is 44.9 Å². The number of nitriles is 1. The number of furan rings is 1. The van der Waals surface area contributed by atoms with Gasteiger partial charge in [-0.1, -0.05) is 0 Å². The van der Waals surface area contributed by atoms with E-state index in [0.29, 0.717) is 40.7 Å². The minimum Gasteiger partial charge on any atom is -0.444 e. The van der Waals surface area contributed by atoms with Gasteiger partial charge in [0.2, 0.25) is 11.7 Å². The van der Waals surface area contributed by atoms with Crippen LogP contribution in [-0.4, -0.2) is 46.5 Å². The molecule has 33 heavy (non-hydrogen) atoms. The number of hydrogen-bond donors (Lipinski definition) is 2. The molecule has 6 atom stereocenters. The van der Waals surface area contributed by atoms with Crippen LogP contribution in [0, 0.1) is 28.6 Å². The maximum absolute atomic E-state index is 11.9. The third-order valence-corrected chi connectivity index (χ3v) is 10.6. The van der Waals surface area contributed by atoms with Crippen LogP contribution in [0.5, 0.6) is 0 Å². The summed E-state index contributed by atoms with van der Waals surface area (Å²) in [5.41, 5.74) is 1.64. The van der Waals surface area contributed by atoms with E-state index in [9.17, 15) is 4.79 Å². The number of aromatic nitrogens is 1. The molecule has 2 N–H and O–H groups in total. The van der Waals surface area contributed by atoms with Crippen molar-refractivity contribution in [1.29, 1.82) is 5.26 Å². The third kappa shape index (κ3) is 2.53. The van der Waals surface area contributed by atoms with E-state index < -0.39 is 0 Å². The van der Waals surface area contributed by atoms with Crippen molar-refractivity contribution in [2.75, 3.05) is 12.4 Å². The summed E-state index contributed by atoms with van der Waals surface area (Å²) in [4.78, 5) is 19.4. The SMILES string of the molecule is CNC(=O)CC1CC2CC3C4(CCC(Nc5ncc6oc(C#N)cc6c5Br)CC4)C34C(C1)N24. The smallest absolute Gasteiger partial charge is 0.220 e. The fraction of sp³-hybridized carbons (Fsp3) is 0.640. The topological polar surface area (TPSA) is 94.0 Å². The minimum absolute atomic E-state index is 0.202. The minimum atomic E-state index is 0.202. The van der Waals surface area contributed by atoms with Crippen molar-refractivity contribution in [2.24, 2.45) is 17.3 Å². The summed E-state index contributed by atoms with van der Waals surface area (Å²) in [5, 5.41) is 16.5.